The van der Waals surface area contributed by atoms with Crippen molar-refractivity contribution in [3.63, 3.8) is 0 Å². The van der Waals surface area contributed by atoms with Gasteiger partial charge in [-0.05, 0) is 26.2 Å². The SMILES string of the molecule is CCCNC(=NCC(=O)N(C)C)N1CCCC(C2(C)OCCO2)C1.I. The van der Waals surface area contributed by atoms with Crippen molar-refractivity contribution in [2.24, 2.45) is 10.9 Å². The van der Waals surface area contributed by atoms with Gasteiger partial charge in [-0.1, -0.05) is 6.92 Å². The Kier molecular flexibility index (Phi) is 9.44. The van der Waals surface area contributed by atoms with Crippen molar-refractivity contribution in [3.05, 3.63) is 0 Å². The molecule has 8 heteroatoms. The van der Waals surface area contributed by atoms with E-state index < -0.39 is 5.79 Å². The molecule has 0 aromatic rings. The van der Waals surface area contributed by atoms with Gasteiger partial charge in [0.25, 0.3) is 0 Å². The minimum atomic E-state index is -0.492. The highest BCUT2D eigenvalue weighted by molar-refractivity contribution is 14.0. The number of piperidine rings is 1. The molecule has 0 aromatic carbocycles. The van der Waals surface area contributed by atoms with Gasteiger partial charge in [-0.15, -0.1) is 24.0 Å². The summed E-state index contributed by atoms with van der Waals surface area (Å²) in [6, 6.07) is 0. The van der Waals surface area contributed by atoms with E-state index >= 15 is 0 Å². The second kappa shape index (κ2) is 10.5. The molecule has 0 aliphatic carbocycles. The molecule has 2 fully saturated rings. The largest absolute Gasteiger partial charge is 0.356 e. The maximum atomic E-state index is 11.9. The van der Waals surface area contributed by atoms with E-state index in [2.05, 4.69) is 22.1 Å². The fraction of sp³-hybridized carbons (Fsp3) is 0.882. The van der Waals surface area contributed by atoms with Gasteiger partial charge in [-0.2, -0.15) is 0 Å². The van der Waals surface area contributed by atoms with Gasteiger partial charge in [0, 0.05) is 39.6 Å². The Morgan fingerprint density at radius 3 is 2.64 bits per heavy atom. The van der Waals surface area contributed by atoms with Gasteiger partial charge in [0.1, 0.15) is 6.54 Å². The first-order valence-corrected chi connectivity index (χ1v) is 8.97. The van der Waals surface area contributed by atoms with Crippen LogP contribution in [0.3, 0.4) is 0 Å². The van der Waals surface area contributed by atoms with Crippen LogP contribution in [-0.2, 0) is 14.3 Å². The van der Waals surface area contributed by atoms with Gasteiger partial charge in [-0.25, -0.2) is 4.99 Å². The third-order valence-corrected chi connectivity index (χ3v) is 4.72. The summed E-state index contributed by atoms with van der Waals surface area (Å²) in [6.07, 6.45) is 3.17. The van der Waals surface area contributed by atoms with Gasteiger partial charge in [0.2, 0.25) is 5.91 Å². The molecular formula is C17H33IN4O3. The highest BCUT2D eigenvalue weighted by atomic mass is 127. The number of guanidine groups is 1. The summed E-state index contributed by atoms with van der Waals surface area (Å²) in [4.78, 5) is 20.2. The topological polar surface area (TPSA) is 66.4 Å². The maximum absolute atomic E-state index is 11.9. The molecule has 1 atom stereocenters. The summed E-state index contributed by atoms with van der Waals surface area (Å²) in [5, 5.41) is 3.38. The number of aliphatic imine (C=N–C) groups is 1. The summed E-state index contributed by atoms with van der Waals surface area (Å²) in [5.74, 6) is 0.646. The summed E-state index contributed by atoms with van der Waals surface area (Å²) in [6.45, 7) is 8.29. The smallest absolute Gasteiger partial charge is 0.243 e. The van der Waals surface area contributed by atoms with Crippen molar-refractivity contribution in [2.45, 2.75) is 38.9 Å². The number of nitrogens with zero attached hydrogens (tertiary/aromatic N) is 3. The molecule has 0 aromatic heterocycles. The molecule has 2 heterocycles. The zero-order chi connectivity index (χ0) is 17.6. The zero-order valence-electron chi connectivity index (χ0n) is 15.9. The summed E-state index contributed by atoms with van der Waals surface area (Å²) in [5.41, 5.74) is 0. The molecule has 0 spiro atoms. The lowest BCUT2D eigenvalue weighted by Gasteiger charge is -2.41. The minimum absolute atomic E-state index is 0. The zero-order valence-corrected chi connectivity index (χ0v) is 18.2. The summed E-state index contributed by atoms with van der Waals surface area (Å²) < 4.78 is 11.7. The lowest BCUT2D eigenvalue weighted by molar-refractivity contribution is -0.189. The second-order valence-corrected chi connectivity index (χ2v) is 6.85. The van der Waals surface area contributed by atoms with Crippen molar-refractivity contribution in [2.75, 3.05) is 53.5 Å². The quantitative estimate of drug-likeness (QED) is 0.377. The number of hydrogen-bond donors (Lipinski definition) is 1. The van der Waals surface area contributed by atoms with E-state index in [-0.39, 0.29) is 36.4 Å². The van der Waals surface area contributed by atoms with Crippen LogP contribution in [0.2, 0.25) is 0 Å². The number of rotatable bonds is 5. The lowest BCUT2D eigenvalue weighted by Crippen LogP contribution is -2.52. The number of carbonyl (C=O) groups excluding carboxylic acids is 1. The standard InChI is InChI=1S/C17H32N4O3.HI/c1-5-8-18-16(19-12-15(22)20(3)4)21-9-6-7-14(13-21)17(2)23-10-11-24-17;/h14H,5-13H2,1-4H3,(H,18,19);1H. The molecule has 1 amide bonds. The lowest BCUT2D eigenvalue weighted by atomic mass is 9.90. The Morgan fingerprint density at radius 1 is 1.36 bits per heavy atom. The number of likely N-dealkylation sites (tertiary alicyclic amines) is 1. The summed E-state index contributed by atoms with van der Waals surface area (Å²) in [7, 11) is 3.51. The van der Waals surface area contributed by atoms with Crippen LogP contribution in [0.25, 0.3) is 0 Å². The van der Waals surface area contributed by atoms with Gasteiger partial charge < -0.3 is 24.6 Å². The van der Waals surface area contributed by atoms with Crippen LogP contribution in [0.5, 0.6) is 0 Å². The second-order valence-electron chi connectivity index (χ2n) is 6.85. The monoisotopic (exact) mass is 468 g/mol. The first kappa shape index (κ1) is 22.4. The van der Waals surface area contributed by atoms with Crippen molar-refractivity contribution < 1.29 is 14.3 Å². The van der Waals surface area contributed by atoms with Crippen molar-refractivity contribution in [1.82, 2.24) is 15.1 Å². The van der Waals surface area contributed by atoms with Crippen LogP contribution in [0, 0.1) is 5.92 Å². The number of carbonyl (C=O) groups is 1. The number of amides is 1. The Morgan fingerprint density at radius 2 is 2.04 bits per heavy atom. The van der Waals surface area contributed by atoms with Gasteiger partial charge in [0.15, 0.2) is 11.7 Å². The van der Waals surface area contributed by atoms with Crippen LogP contribution in [0.4, 0.5) is 0 Å². The average Bonchev–Trinajstić information content (AvgIpc) is 3.03. The number of halogens is 1. The van der Waals surface area contributed by atoms with Crippen molar-refractivity contribution >= 4 is 35.8 Å². The van der Waals surface area contributed by atoms with Crippen LogP contribution >= 0.6 is 24.0 Å². The van der Waals surface area contributed by atoms with E-state index in [4.69, 9.17) is 9.47 Å². The van der Waals surface area contributed by atoms with Gasteiger partial charge in [0.05, 0.1) is 13.2 Å². The molecule has 2 rings (SSSR count). The number of hydrogen-bond acceptors (Lipinski definition) is 4. The normalized spacial score (nSPS) is 23.1. The van der Waals surface area contributed by atoms with E-state index in [0.29, 0.717) is 19.1 Å². The summed E-state index contributed by atoms with van der Waals surface area (Å²) >= 11 is 0. The van der Waals surface area contributed by atoms with E-state index in [9.17, 15) is 4.79 Å². The third-order valence-electron chi connectivity index (χ3n) is 4.72. The number of ether oxygens (including phenoxy) is 2. The van der Waals surface area contributed by atoms with Gasteiger partial charge in [-0.3, -0.25) is 4.79 Å². The van der Waals surface area contributed by atoms with E-state index in [1.54, 1.807) is 19.0 Å². The van der Waals surface area contributed by atoms with Gasteiger partial charge >= 0.3 is 0 Å². The molecule has 2 aliphatic heterocycles. The molecule has 146 valence electrons. The first-order valence-electron chi connectivity index (χ1n) is 8.97. The highest BCUT2D eigenvalue weighted by Crippen LogP contribution is 2.34. The molecule has 0 bridgehead atoms. The molecule has 2 aliphatic rings. The minimum Gasteiger partial charge on any atom is -0.356 e. The molecule has 1 N–H and O–H groups in total. The Hall–Kier alpha value is -0.610. The van der Waals surface area contributed by atoms with Crippen molar-refractivity contribution in [1.29, 1.82) is 0 Å². The van der Waals surface area contributed by atoms with E-state index in [1.807, 2.05) is 6.92 Å². The fourth-order valence-corrected chi connectivity index (χ4v) is 3.15. The predicted molar refractivity (Wildman–Crippen MR) is 109 cm³/mol. The van der Waals surface area contributed by atoms with E-state index in [1.165, 1.54) is 0 Å². The van der Waals surface area contributed by atoms with Crippen LogP contribution in [-0.4, -0.2) is 80.9 Å². The molecule has 7 nitrogen and oxygen atoms in total. The molecule has 0 radical (unpaired) electrons. The van der Waals surface area contributed by atoms with E-state index in [0.717, 1.165) is 44.9 Å². The number of likely N-dealkylation sites (N-methyl/N-ethyl adjacent to an activating group) is 1. The molecule has 1 unspecified atom stereocenters. The van der Waals surface area contributed by atoms with Crippen LogP contribution < -0.4 is 5.32 Å². The van der Waals surface area contributed by atoms with Crippen LogP contribution in [0.1, 0.15) is 33.1 Å². The average molecular weight is 468 g/mol. The Balaban J connectivity index is 0.00000312. The molecule has 25 heavy (non-hydrogen) atoms. The highest BCUT2D eigenvalue weighted by Gasteiger charge is 2.42. The maximum Gasteiger partial charge on any atom is 0.243 e. The third kappa shape index (κ3) is 6.25. The molecule has 2 saturated heterocycles. The van der Waals surface area contributed by atoms with Crippen LogP contribution in [0.15, 0.2) is 4.99 Å². The fourth-order valence-electron chi connectivity index (χ4n) is 3.15. The Bertz CT molecular complexity index is 453. The van der Waals surface area contributed by atoms with Crippen molar-refractivity contribution in [3.8, 4) is 0 Å². The first-order chi connectivity index (χ1) is 11.5. The number of nitrogens with one attached hydrogen (secondary N) is 1. The molecule has 0 saturated carbocycles. The molecular weight excluding hydrogens is 435 g/mol. The Labute approximate surface area is 168 Å². The predicted octanol–water partition coefficient (Wildman–Crippen LogP) is 1.52.